The Bertz CT molecular complexity index is 94.7. The fraction of sp³-hybridized carbons (Fsp3) is 0.500. The van der Waals surface area contributed by atoms with Crippen LogP contribution < -0.4 is 5.73 Å². The van der Waals surface area contributed by atoms with Crippen LogP contribution in [0.1, 0.15) is 19.8 Å². The van der Waals surface area contributed by atoms with Crippen LogP contribution in [0.3, 0.4) is 0 Å². The molecule has 0 fully saturated rings. The van der Waals surface area contributed by atoms with Gasteiger partial charge in [0, 0.05) is 6.42 Å². The molecule has 0 spiro atoms. The third kappa shape index (κ3) is 5.21. The second kappa shape index (κ2) is 4.37. The van der Waals surface area contributed by atoms with Crippen LogP contribution in [0.25, 0.3) is 0 Å². The molecule has 0 amide bonds. The van der Waals surface area contributed by atoms with Crippen molar-refractivity contribution in [1.82, 2.24) is 0 Å². The van der Waals surface area contributed by atoms with Crippen LogP contribution in [0, 0.1) is 5.41 Å². The van der Waals surface area contributed by atoms with Crippen molar-refractivity contribution in [2.75, 3.05) is 0 Å². The number of hydrogen-bond acceptors (Lipinski definition) is 1. The van der Waals surface area contributed by atoms with Gasteiger partial charge in [0.05, 0.1) is 5.84 Å². The molecular formula is C6H12N2. The third-order valence-corrected chi connectivity index (χ3v) is 0.740. The zero-order chi connectivity index (χ0) is 6.41. The van der Waals surface area contributed by atoms with Crippen molar-refractivity contribution in [3.63, 3.8) is 0 Å². The minimum atomic E-state index is 0.231. The summed E-state index contributed by atoms with van der Waals surface area (Å²) in [6.07, 6.45) is 5.52. The highest BCUT2D eigenvalue weighted by molar-refractivity contribution is 5.78. The molecule has 0 saturated heterocycles. The summed E-state index contributed by atoms with van der Waals surface area (Å²) >= 11 is 0. The van der Waals surface area contributed by atoms with Crippen LogP contribution >= 0.6 is 0 Å². The van der Waals surface area contributed by atoms with E-state index in [-0.39, 0.29) is 5.84 Å². The van der Waals surface area contributed by atoms with Crippen LogP contribution in [-0.2, 0) is 0 Å². The Morgan fingerprint density at radius 3 is 2.62 bits per heavy atom. The molecule has 0 aromatic heterocycles. The van der Waals surface area contributed by atoms with Crippen molar-refractivity contribution >= 4 is 5.84 Å². The van der Waals surface area contributed by atoms with Crippen molar-refractivity contribution in [3.8, 4) is 0 Å². The van der Waals surface area contributed by atoms with Crippen molar-refractivity contribution < 1.29 is 0 Å². The molecule has 2 heteroatoms. The van der Waals surface area contributed by atoms with Gasteiger partial charge in [-0.1, -0.05) is 19.1 Å². The van der Waals surface area contributed by atoms with Gasteiger partial charge >= 0.3 is 0 Å². The van der Waals surface area contributed by atoms with E-state index in [1.54, 1.807) is 0 Å². The smallest absolute Gasteiger partial charge is 0.0943 e. The Morgan fingerprint density at radius 1 is 1.62 bits per heavy atom. The quantitative estimate of drug-likeness (QED) is 0.322. The maximum atomic E-state index is 6.80. The van der Waals surface area contributed by atoms with Crippen LogP contribution in [0.2, 0.25) is 0 Å². The number of nitrogens with two attached hydrogens (primary N) is 1. The normalized spacial score (nSPS) is 10.1. The molecule has 3 N–H and O–H groups in total. The van der Waals surface area contributed by atoms with E-state index in [1.165, 1.54) is 0 Å². The molecule has 0 rings (SSSR count). The molecule has 0 aromatic rings. The summed E-state index contributed by atoms with van der Waals surface area (Å²) in [5, 5.41) is 6.80. The van der Waals surface area contributed by atoms with Gasteiger partial charge in [-0.25, -0.2) is 0 Å². The molecule has 8 heavy (non-hydrogen) atoms. The molecular weight excluding hydrogens is 100 g/mol. The Kier molecular flexibility index (Phi) is 3.94. The van der Waals surface area contributed by atoms with E-state index in [2.05, 4.69) is 6.92 Å². The summed E-state index contributed by atoms with van der Waals surface area (Å²) in [6, 6.07) is 0. The van der Waals surface area contributed by atoms with Crippen LogP contribution in [0.15, 0.2) is 12.2 Å². The van der Waals surface area contributed by atoms with Gasteiger partial charge in [0.25, 0.3) is 0 Å². The van der Waals surface area contributed by atoms with Gasteiger partial charge in [0.2, 0.25) is 0 Å². The van der Waals surface area contributed by atoms with E-state index >= 15 is 0 Å². The highest BCUT2D eigenvalue weighted by Crippen LogP contribution is 1.83. The molecule has 0 aliphatic rings. The third-order valence-electron chi connectivity index (χ3n) is 0.740. The van der Waals surface area contributed by atoms with Gasteiger partial charge in [-0.05, 0) is 6.42 Å². The monoisotopic (exact) mass is 112 g/mol. The van der Waals surface area contributed by atoms with Gasteiger partial charge in [-0.15, -0.1) is 0 Å². The van der Waals surface area contributed by atoms with E-state index in [9.17, 15) is 0 Å². The van der Waals surface area contributed by atoms with Crippen LogP contribution in [0.4, 0.5) is 0 Å². The van der Waals surface area contributed by atoms with Gasteiger partial charge in [0.15, 0.2) is 0 Å². The average molecular weight is 112 g/mol. The first-order valence-electron chi connectivity index (χ1n) is 2.75. The largest absolute Gasteiger partial charge is 0.387 e. The van der Waals surface area contributed by atoms with E-state index in [1.807, 2.05) is 12.2 Å². The van der Waals surface area contributed by atoms with Crippen molar-refractivity contribution in [2.45, 2.75) is 19.8 Å². The van der Waals surface area contributed by atoms with Crippen LogP contribution in [0.5, 0.6) is 0 Å². The van der Waals surface area contributed by atoms with Crippen LogP contribution in [-0.4, -0.2) is 5.84 Å². The fourth-order valence-corrected chi connectivity index (χ4v) is 0.377. The second-order valence-electron chi connectivity index (χ2n) is 1.61. The second-order valence-corrected chi connectivity index (χ2v) is 1.61. The molecule has 2 nitrogen and oxygen atoms in total. The van der Waals surface area contributed by atoms with Crippen molar-refractivity contribution in [3.05, 3.63) is 12.2 Å². The summed E-state index contributed by atoms with van der Waals surface area (Å²) < 4.78 is 0. The first-order valence-corrected chi connectivity index (χ1v) is 2.75. The molecule has 0 bridgehead atoms. The summed E-state index contributed by atoms with van der Waals surface area (Å²) in [6.45, 7) is 2.05. The van der Waals surface area contributed by atoms with Gasteiger partial charge in [0.1, 0.15) is 0 Å². The predicted octanol–water partition coefficient (Wildman–Crippen LogP) is 1.28. The number of nitrogens with one attached hydrogen (secondary N) is 1. The van der Waals surface area contributed by atoms with E-state index in [0.29, 0.717) is 6.42 Å². The standard InChI is InChI=1S/C6H12N2/c1-2-3-4-5-6(7)8/h3-4H,2,5H2,1H3,(H3,7,8)/b4-3+. The summed E-state index contributed by atoms with van der Waals surface area (Å²) in [5.41, 5.74) is 5.07. The Morgan fingerprint density at radius 2 is 2.25 bits per heavy atom. The number of amidine groups is 1. The zero-order valence-electron chi connectivity index (χ0n) is 5.15. The fourth-order valence-electron chi connectivity index (χ4n) is 0.377. The minimum Gasteiger partial charge on any atom is -0.387 e. The number of allylic oxidation sites excluding steroid dienone is 1. The molecule has 0 unspecified atom stereocenters. The minimum absolute atomic E-state index is 0.231. The molecule has 0 heterocycles. The summed E-state index contributed by atoms with van der Waals surface area (Å²) in [5.74, 6) is 0.231. The maximum Gasteiger partial charge on any atom is 0.0943 e. The SMILES string of the molecule is CC/C=C/CC(=N)N. The molecule has 0 aliphatic carbocycles. The highest BCUT2D eigenvalue weighted by atomic mass is 14.7. The van der Waals surface area contributed by atoms with Gasteiger partial charge < -0.3 is 5.73 Å². The van der Waals surface area contributed by atoms with E-state index in [4.69, 9.17) is 11.1 Å². The molecule has 0 saturated carbocycles. The number of rotatable bonds is 3. The lowest BCUT2D eigenvalue weighted by atomic mass is 10.3. The Labute approximate surface area is 49.9 Å². The van der Waals surface area contributed by atoms with Gasteiger partial charge in [-0.3, -0.25) is 5.41 Å². The molecule has 0 aliphatic heterocycles. The average Bonchev–Trinajstić information content (AvgIpc) is 1.66. The first-order chi connectivity index (χ1) is 3.77. The van der Waals surface area contributed by atoms with Gasteiger partial charge in [-0.2, -0.15) is 0 Å². The number of hydrogen-bond donors (Lipinski definition) is 2. The molecule has 0 atom stereocenters. The highest BCUT2D eigenvalue weighted by Gasteiger charge is 1.78. The summed E-state index contributed by atoms with van der Waals surface area (Å²) in [4.78, 5) is 0. The Balaban J connectivity index is 3.16. The van der Waals surface area contributed by atoms with E-state index in [0.717, 1.165) is 6.42 Å². The summed E-state index contributed by atoms with van der Waals surface area (Å²) in [7, 11) is 0. The maximum absolute atomic E-state index is 6.80. The lowest BCUT2D eigenvalue weighted by molar-refractivity contribution is 1.20. The lowest BCUT2D eigenvalue weighted by Gasteiger charge is -1.85. The van der Waals surface area contributed by atoms with Crippen molar-refractivity contribution in [2.24, 2.45) is 5.73 Å². The first kappa shape index (κ1) is 7.21. The molecule has 0 aromatic carbocycles. The predicted molar refractivity (Wildman–Crippen MR) is 36.0 cm³/mol. The lowest BCUT2D eigenvalue weighted by Crippen LogP contribution is -2.06. The molecule has 46 valence electrons. The zero-order valence-corrected chi connectivity index (χ0v) is 5.15. The van der Waals surface area contributed by atoms with Crippen molar-refractivity contribution in [1.29, 1.82) is 5.41 Å². The Hall–Kier alpha value is -0.790. The molecule has 0 radical (unpaired) electrons. The van der Waals surface area contributed by atoms with E-state index < -0.39 is 0 Å². The topological polar surface area (TPSA) is 49.9 Å².